The van der Waals surface area contributed by atoms with E-state index in [1.54, 1.807) is 0 Å². The molecule has 0 radical (unpaired) electrons. The highest BCUT2D eigenvalue weighted by Crippen LogP contribution is 2.64. The van der Waals surface area contributed by atoms with Gasteiger partial charge in [-0.25, -0.2) is 9.59 Å². The van der Waals surface area contributed by atoms with E-state index < -0.39 is 18.5 Å². The summed E-state index contributed by atoms with van der Waals surface area (Å²) in [6.45, 7) is 8.85. The highest BCUT2D eigenvalue weighted by atomic mass is 16.6. The molecule has 23 heavy (non-hydrogen) atoms. The molecule has 0 N–H and O–H groups in total. The lowest BCUT2D eigenvalue weighted by Gasteiger charge is -2.30. The van der Waals surface area contributed by atoms with Crippen LogP contribution in [0.2, 0.25) is 0 Å². The van der Waals surface area contributed by atoms with Crippen molar-refractivity contribution < 1.29 is 28.6 Å². The number of carbonyl (C=O) groups is 3. The van der Waals surface area contributed by atoms with E-state index in [9.17, 15) is 14.4 Å². The molecular formula is C17H22O6. The summed E-state index contributed by atoms with van der Waals surface area (Å²) in [7, 11) is 0. The molecule has 2 saturated carbocycles. The largest absolute Gasteiger partial charge is 0.462 e. The maximum atomic E-state index is 11.9. The zero-order valence-corrected chi connectivity index (χ0v) is 13.7. The van der Waals surface area contributed by atoms with Gasteiger partial charge in [0.2, 0.25) is 0 Å². The molecule has 3 rings (SSSR count). The quantitative estimate of drug-likeness (QED) is 0.445. The Bertz CT molecular complexity index is 578. The van der Waals surface area contributed by atoms with Crippen LogP contribution in [-0.4, -0.2) is 36.7 Å². The molecule has 2 aliphatic carbocycles. The van der Waals surface area contributed by atoms with Crippen LogP contribution in [0.15, 0.2) is 12.2 Å². The number of carbonyl (C=O) groups excluding carboxylic acids is 3. The van der Waals surface area contributed by atoms with Crippen LogP contribution in [0.5, 0.6) is 0 Å². The Kier molecular flexibility index (Phi) is 3.73. The molecule has 3 fully saturated rings. The first kappa shape index (κ1) is 16.0. The maximum Gasteiger partial charge on any atom is 0.344 e. The van der Waals surface area contributed by atoms with Gasteiger partial charge in [0.1, 0.15) is 12.2 Å². The predicted molar refractivity (Wildman–Crippen MR) is 79.0 cm³/mol. The number of ether oxygens (including phenoxy) is 3. The average Bonchev–Trinajstić information content (AvgIpc) is 2.99. The summed E-state index contributed by atoms with van der Waals surface area (Å²) in [4.78, 5) is 34.8. The van der Waals surface area contributed by atoms with Gasteiger partial charge in [0.25, 0.3) is 0 Å². The summed E-state index contributed by atoms with van der Waals surface area (Å²) in [5.41, 5.74) is 0.207. The van der Waals surface area contributed by atoms with E-state index in [1.807, 2.05) is 0 Å². The highest BCUT2D eigenvalue weighted by molar-refractivity contribution is 5.88. The summed E-state index contributed by atoms with van der Waals surface area (Å²) in [6, 6.07) is 0. The molecule has 1 aliphatic heterocycles. The SMILES string of the molecule is C=C(C)C(=O)OCC(=O)OC1CC2C3OC(=O)CC3C1C2(C)C. The molecule has 0 aromatic heterocycles. The number of hydrogen-bond donors (Lipinski definition) is 0. The number of esters is 3. The maximum absolute atomic E-state index is 11.9. The molecular weight excluding hydrogens is 300 g/mol. The minimum atomic E-state index is -0.606. The van der Waals surface area contributed by atoms with Crippen LogP contribution in [0.3, 0.4) is 0 Å². The lowest BCUT2D eigenvalue weighted by molar-refractivity contribution is -0.164. The molecule has 0 aromatic carbocycles. The summed E-state index contributed by atoms with van der Waals surface area (Å²) in [6.07, 6.45) is 0.792. The van der Waals surface area contributed by atoms with Gasteiger partial charge in [-0.3, -0.25) is 4.79 Å². The van der Waals surface area contributed by atoms with Crippen molar-refractivity contribution in [2.75, 3.05) is 6.61 Å². The molecule has 2 bridgehead atoms. The van der Waals surface area contributed by atoms with Gasteiger partial charge >= 0.3 is 17.9 Å². The van der Waals surface area contributed by atoms with Crippen LogP contribution in [0, 0.1) is 23.2 Å². The lowest BCUT2D eigenvalue weighted by Crippen LogP contribution is -2.36. The van der Waals surface area contributed by atoms with Crippen LogP contribution < -0.4 is 0 Å². The second-order valence-electron chi connectivity index (χ2n) is 7.40. The number of rotatable bonds is 4. The van der Waals surface area contributed by atoms with Crippen LogP contribution in [-0.2, 0) is 28.6 Å². The first-order valence-corrected chi connectivity index (χ1v) is 7.93. The van der Waals surface area contributed by atoms with Gasteiger partial charge in [0, 0.05) is 23.3 Å². The molecule has 5 unspecified atom stereocenters. The van der Waals surface area contributed by atoms with Gasteiger partial charge in [0.15, 0.2) is 6.61 Å². The fraction of sp³-hybridized carbons (Fsp3) is 0.706. The van der Waals surface area contributed by atoms with Crippen LogP contribution in [0.1, 0.15) is 33.6 Å². The Balaban J connectivity index is 1.62. The van der Waals surface area contributed by atoms with Gasteiger partial charge in [-0.05, 0) is 18.8 Å². The lowest BCUT2D eigenvalue weighted by atomic mass is 9.78. The molecule has 1 saturated heterocycles. The number of fused-ring (bicyclic) bond motifs is 5. The zero-order chi connectivity index (χ0) is 16.9. The molecule has 126 valence electrons. The summed E-state index contributed by atoms with van der Waals surface area (Å²) >= 11 is 0. The summed E-state index contributed by atoms with van der Waals surface area (Å²) < 4.78 is 15.8. The van der Waals surface area contributed by atoms with Crippen molar-refractivity contribution >= 4 is 17.9 Å². The van der Waals surface area contributed by atoms with Crippen molar-refractivity contribution in [2.24, 2.45) is 23.2 Å². The van der Waals surface area contributed by atoms with Gasteiger partial charge in [-0.1, -0.05) is 20.4 Å². The van der Waals surface area contributed by atoms with E-state index in [4.69, 9.17) is 14.2 Å². The predicted octanol–water partition coefficient (Wildman–Crippen LogP) is 1.63. The zero-order valence-electron chi connectivity index (χ0n) is 13.7. The third kappa shape index (κ3) is 2.54. The van der Waals surface area contributed by atoms with E-state index in [1.165, 1.54) is 6.92 Å². The highest BCUT2D eigenvalue weighted by Gasteiger charge is 2.67. The normalized spacial score (nSPS) is 36.3. The van der Waals surface area contributed by atoms with E-state index in [0.717, 1.165) is 0 Å². The Morgan fingerprint density at radius 1 is 1.39 bits per heavy atom. The third-order valence-electron chi connectivity index (χ3n) is 5.60. The van der Waals surface area contributed by atoms with Crippen LogP contribution in [0.25, 0.3) is 0 Å². The Labute approximate surface area is 135 Å². The van der Waals surface area contributed by atoms with Gasteiger partial charge in [0.05, 0.1) is 6.42 Å². The molecule has 0 amide bonds. The van der Waals surface area contributed by atoms with Crippen molar-refractivity contribution in [1.82, 2.24) is 0 Å². The summed E-state index contributed by atoms with van der Waals surface area (Å²) in [5.74, 6) is -0.899. The minimum absolute atomic E-state index is 0.0324. The smallest absolute Gasteiger partial charge is 0.344 e. The van der Waals surface area contributed by atoms with Crippen molar-refractivity contribution in [1.29, 1.82) is 0 Å². The topological polar surface area (TPSA) is 78.9 Å². The number of hydrogen-bond acceptors (Lipinski definition) is 6. The second kappa shape index (κ2) is 5.35. The van der Waals surface area contributed by atoms with Crippen molar-refractivity contribution in [3.63, 3.8) is 0 Å². The average molecular weight is 322 g/mol. The Hall–Kier alpha value is -1.85. The minimum Gasteiger partial charge on any atom is -0.462 e. The molecule has 0 aromatic rings. The first-order chi connectivity index (χ1) is 10.7. The summed E-state index contributed by atoms with van der Waals surface area (Å²) in [5, 5.41) is 0. The second-order valence-corrected chi connectivity index (χ2v) is 7.40. The van der Waals surface area contributed by atoms with Crippen molar-refractivity contribution in [2.45, 2.75) is 45.8 Å². The molecule has 6 heteroatoms. The molecule has 3 aliphatic rings. The Morgan fingerprint density at radius 2 is 2.09 bits per heavy atom. The molecule has 6 nitrogen and oxygen atoms in total. The van der Waals surface area contributed by atoms with Crippen molar-refractivity contribution in [3.8, 4) is 0 Å². The van der Waals surface area contributed by atoms with Gasteiger partial charge < -0.3 is 14.2 Å². The Morgan fingerprint density at radius 3 is 2.74 bits per heavy atom. The monoisotopic (exact) mass is 322 g/mol. The van der Waals surface area contributed by atoms with E-state index in [0.29, 0.717) is 12.8 Å². The van der Waals surface area contributed by atoms with Crippen LogP contribution >= 0.6 is 0 Å². The third-order valence-corrected chi connectivity index (χ3v) is 5.60. The van der Waals surface area contributed by atoms with Gasteiger partial charge in [-0.2, -0.15) is 0 Å². The van der Waals surface area contributed by atoms with E-state index in [2.05, 4.69) is 20.4 Å². The standard InChI is InChI=1S/C17H22O6/c1-8(2)16(20)21-7-13(19)22-11-6-10-15-9(5-12(18)23-15)14(11)17(10,3)4/h9-11,14-15H,1,5-7H2,2-4H3. The fourth-order valence-corrected chi connectivity index (χ4v) is 4.69. The fourth-order valence-electron chi connectivity index (χ4n) is 4.69. The van der Waals surface area contributed by atoms with Crippen molar-refractivity contribution in [3.05, 3.63) is 12.2 Å². The van der Waals surface area contributed by atoms with E-state index >= 15 is 0 Å². The van der Waals surface area contributed by atoms with Gasteiger partial charge in [-0.15, -0.1) is 0 Å². The first-order valence-electron chi connectivity index (χ1n) is 7.93. The van der Waals surface area contributed by atoms with Crippen LogP contribution in [0.4, 0.5) is 0 Å². The molecule has 5 atom stereocenters. The molecule has 0 spiro atoms. The van der Waals surface area contributed by atoms with E-state index in [-0.39, 0.29) is 46.9 Å². The molecule has 1 heterocycles.